The highest BCUT2D eigenvalue weighted by Gasteiger charge is 2.30. The molecular formula is C17H25N3O2. The lowest BCUT2D eigenvalue weighted by atomic mass is 9.90. The fraction of sp³-hybridized carbons (Fsp3) is 0.529. The molecule has 120 valence electrons. The van der Waals surface area contributed by atoms with E-state index < -0.39 is 11.6 Å². The Labute approximate surface area is 132 Å². The van der Waals surface area contributed by atoms with Crippen LogP contribution in [0, 0.1) is 17.2 Å². The van der Waals surface area contributed by atoms with Crippen molar-refractivity contribution in [2.75, 3.05) is 18.0 Å². The number of anilines is 1. The molecule has 1 aromatic rings. The first kappa shape index (κ1) is 18.0. The number of carbonyl (C=O) groups is 1. The largest absolute Gasteiger partial charge is 0.392 e. The van der Waals surface area contributed by atoms with Crippen molar-refractivity contribution in [3.8, 4) is 6.07 Å². The maximum atomic E-state index is 12.3. The fourth-order valence-corrected chi connectivity index (χ4v) is 2.02. The van der Waals surface area contributed by atoms with Crippen LogP contribution in [0.4, 0.5) is 5.69 Å². The zero-order valence-corrected chi connectivity index (χ0v) is 13.7. The molecule has 2 atom stereocenters. The van der Waals surface area contributed by atoms with Crippen LogP contribution in [0.3, 0.4) is 0 Å². The second-order valence-corrected chi connectivity index (χ2v) is 6.08. The predicted molar refractivity (Wildman–Crippen MR) is 87.3 cm³/mol. The summed E-state index contributed by atoms with van der Waals surface area (Å²) in [6, 6.07) is 11.6. The number of rotatable bonds is 7. The van der Waals surface area contributed by atoms with E-state index in [-0.39, 0.29) is 18.4 Å². The van der Waals surface area contributed by atoms with Crippen LogP contribution >= 0.6 is 0 Å². The Kier molecular flexibility index (Phi) is 6.39. The minimum Gasteiger partial charge on any atom is -0.392 e. The molecule has 1 aromatic carbocycles. The summed E-state index contributed by atoms with van der Waals surface area (Å²) in [5.41, 5.74) is -0.0358. The summed E-state index contributed by atoms with van der Waals surface area (Å²) in [6.45, 7) is 7.64. The second kappa shape index (κ2) is 7.81. The van der Waals surface area contributed by atoms with Crippen molar-refractivity contribution in [3.05, 3.63) is 30.3 Å². The average molecular weight is 303 g/mol. The van der Waals surface area contributed by atoms with E-state index in [0.29, 0.717) is 6.54 Å². The van der Waals surface area contributed by atoms with Crippen LogP contribution in [0.1, 0.15) is 27.7 Å². The number of hydrogen-bond acceptors (Lipinski definition) is 4. The summed E-state index contributed by atoms with van der Waals surface area (Å²) < 4.78 is 0. The van der Waals surface area contributed by atoms with Crippen molar-refractivity contribution in [1.29, 1.82) is 5.26 Å². The average Bonchev–Trinajstić information content (AvgIpc) is 2.46. The number of nitrogens with one attached hydrogen (secondary N) is 1. The van der Waals surface area contributed by atoms with Crippen molar-refractivity contribution in [2.45, 2.75) is 39.3 Å². The minimum absolute atomic E-state index is 0.00314. The minimum atomic E-state index is -0.899. The van der Waals surface area contributed by atoms with Crippen molar-refractivity contribution in [3.63, 3.8) is 0 Å². The first-order valence-electron chi connectivity index (χ1n) is 7.49. The molecule has 0 radical (unpaired) electrons. The van der Waals surface area contributed by atoms with Gasteiger partial charge < -0.3 is 15.3 Å². The molecule has 0 aliphatic carbocycles. The molecule has 0 aliphatic heterocycles. The molecule has 0 fully saturated rings. The maximum Gasteiger partial charge on any atom is 0.240 e. The SMILES string of the molecule is CC(C)[C@](C)(C#N)NC(=O)CN(C[C@H](C)O)c1ccccc1. The predicted octanol–water partition coefficient (Wildman–Crippen LogP) is 1.93. The zero-order chi connectivity index (χ0) is 16.8. The van der Waals surface area contributed by atoms with Gasteiger partial charge in [0, 0.05) is 12.2 Å². The van der Waals surface area contributed by atoms with Crippen molar-refractivity contribution in [2.24, 2.45) is 5.92 Å². The maximum absolute atomic E-state index is 12.3. The van der Waals surface area contributed by atoms with Crippen LogP contribution < -0.4 is 10.2 Å². The Balaban J connectivity index is 2.83. The molecule has 5 heteroatoms. The number of aliphatic hydroxyl groups is 1. The van der Waals surface area contributed by atoms with Gasteiger partial charge >= 0.3 is 0 Å². The lowest BCUT2D eigenvalue weighted by molar-refractivity contribution is -0.121. The number of para-hydroxylation sites is 1. The van der Waals surface area contributed by atoms with Crippen molar-refractivity contribution < 1.29 is 9.90 Å². The Morgan fingerprint density at radius 1 is 1.36 bits per heavy atom. The van der Waals surface area contributed by atoms with Gasteiger partial charge in [0.15, 0.2) is 0 Å². The third-order valence-electron chi connectivity index (χ3n) is 3.73. The van der Waals surface area contributed by atoms with Crippen LogP contribution in [0.25, 0.3) is 0 Å². The van der Waals surface area contributed by atoms with Crippen LogP contribution in [0.2, 0.25) is 0 Å². The van der Waals surface area contributed by atoms with Gasteiger partial charge in [0.05, 0.1) is 18.7 Å². The quantitative estimate of drug-likeness (QED) is 0.807. The highest BCUT2D eigenvalue weighted by molar-refractivity contribution is 5.82. The topological polar surface area (TPSA) is 76.4 Å². The Hall–Kier alpha value is -2.06. The molecule has 0 spiro atoms. The normalized spacial score (nSPS) is 14.8. The smallest absolute Gasteiger partial charge is 0.240 e. The summed E-state index contributed by atoms with van der Waals surface area (Å²) in [6.07, 6.45) is -0.555. The van der Waals surface area contributed by atoms with Gasteiger partial charge in [0.1, 0.15) is 5.54 Å². The summed E-state index contributed by atoms with van der Waals surface area (Å²) in [5.74, 6) is -0.231. The molecule has 0 heterocycles. The van der Waals surface area contributed by atoms with Gasteiger partial charge in [-0.3, -0.25) is 4.79 Å². The Morgan fingerprint density at radius 3 is 2.41 bits per heavy atom. The molecular weight excluding hydrogens is 278 g/mol. The van der Waals surface area contributed by atoms with Crippen LogP contribution in [-0.2, 0) is 4.79 Å². The number of aliphatic hydroxyl groups excluding tert-OH is 1. The molecule has 0 bridgehead atoms. The van der Waals surface area contributed by atoms with E-state index in [0.717, 1.165) is 5.69 Å². The van der Waals surface area contributed by atoms with Crippen LogP contribution in [-0.4, -0.2) is 35.7 Å². The number of nitriles is 1. The zero-order valence-electron chi connectivity index (χ0n) is 13.7. The highest BCUT2D eigenvalue weighted by Crippen LogP contribution is 2.16. The van der Waals surface area contributed by atoms with Crippen molar-refractivity contribution in [1.82, 2.24) is 5.32 Å². The summed E-state index contributed by atoms with van der Waals surface area (Å²) >= 11 is 0. The summed E-state index contributed by atoms with van der Waals surface area (Å²) in [4.78, 5) is 14.1. The van der Waals surface area contributed by atoms with E-state index in [1.807, 2.05) is 44.2 Å². The summed E-state index contributed by atoms with van der Waals surface area (Å²) in [7, 11) is 0. The van der Waals surface area contributed by atoms with Gasteiger partial charge in [-0.25, -0.2) is 0 Å². The second-order valence-electron chi connectivity index (χ2n) is 6.08. The Bertz CT molecular complexity index is 522. The highest BCUT2D eigenvalue weighted by atomic mass is 16.3. The molecule has 0 aromatic heterocycles. The molecule has 5 nitrogen and oxygen atoms in total. The standard InChI is InChI=1S/C17H25N3O2/c1-13(2)17(4,12-18)19-16(22)11-20(10-14(3)21)15-8-6-5-7-9-15/h5-9,13-14,21H,10-11H2,1-4H3,(H,19,22)/t14-,17-/m0/s1. The molecule has 2 N–H and O–H groups in total. The third-order valence-corrected chi connectivity index (χ3v) is 3.73. The van der Waals surface area contributed by atoms with Gasteiger partial charge in [-0.05, 0) is 31.9 Å². The molecule has 0 saturated carbocycles. The molecule has 0 unspecified atom stereocenters. The first-order chi connectivity index (χ1) is 10.3. The van der Waals surface area contributed by atoms with E-state index in [4.69, 9.17) is 0 Å². The summed E-state index contributed by atoms with van der Waals surface area (Å²) in [5, 5.41) is 21.7. The number of amides is 1. The van der Waals surface area contributed by atoms with E-state index in [9.17, 15) is 15.2 Å². The molecule has 22 heavy (non-hydrogen) atoms. The lowest BCUT2D eigenvalue weighted by Gasteiger charge is -2.30. The number of nitrogens with zero attached hydrogens (tertiary/aromatic N) is 2. The van der Waals surface area contributed by atoms with Gasteiger partial charge in [-0.1, -0.05) is 32.0 Å². The van der Waals surface area contributed by atoms with Crippen molar-refractivity contribution >= 4 is 11.6 Å². The molecule has 0 aliphatic rings. The van der Waals surface area contributed by atoms with E-state index in [1.165, 1.54) is 0 Å². The Morgan fingerprint density at radius 2 is 1.95 bits per heavy atom. The van der Waals surface area contributed by atoms with Gasteiger partial charge in [-0.2, -0.15) is 5.26 Å². The number of benzene rings is 1. The van der Waals surface area contributed by atoms with Gasteiger partial charge in [0.25, 0.3) is 0 Å². The van der Waals surface area contributed by atoms with E-state index in [2.05, 4.69) is 11.4 Å². The van der Waals surface area contributed by atoms with E-state index >= 15 is 0 Å². The monoisotopic (exact) mass is 303 g/mol. The lowest BCUT2D eigenvalue weighted by Crippen LogP contribution is -2.52. The van der Waals surface area contributed by atoms with Crippen LogP contribution in [0.5, 0.6) is 0 Å². The molecule has 0 saturated heterocycles. The molecule has 1 amide bonds. The van der Waals surface area contributed by atoms with Gasteiger partial charge in [-0.15, -0.1) is 0 Å². The fourth-order valence-electron chi connectivity index (χ4n) is 2.02. The third kappa shape index (κ3) is 5.05. The van der Waals surface area contributed by atoms with Crippen LogP contribution in [0.15, 0.2) is 30.3 Å². The number of hydrogen-bond donors (Lipinski definition) is 2. The molecule has 1 rings (SSSR count). The van der Waals surface area contributed by atoms with Gasteiger partial charge in [0.2, 0.25) is 5.91 Å². The van der Waals surface area contributed by atoms with E-state index in [1.54, 1.807) is 18.7 Å². The first-order valence-corrected chi connectivity index (χ1v) is 7.49. The number of carbonyl (C=O) groups excluding carboxylic acids is 1.